The number of anilines is 2. The van der Waals surface area contributed by atoms with Crippen LogP contribution in [0.25, 0.3) is 0 Å². The average Bonchev–Trinajstić information content (AvgIpc) is 2.93. The highest BCUT2D eigenvalue weighted by Gasteiger charge is 2.35. The molecule has 0 saturated carbocycles. The molecule has 0 bridgehead atoms. The van der Waals surface area contributed by atoms with Gasteiger partial charge in [0.2, 0.25) is 11.8 Å². The lowest BCUT2D eigenvalue weighted by Crippen LogP contribution is -2.28. The van der Waals surface area contributed by atoms with Crippen molar-refractivity contribution in [2.24, 2.45) is 5.92 Å². The average molecular weight is 322 g/mol. The molecule has 1 N–H and O–H groups in total. The second-order valence-corrected chi connectivity index (χ2v) is 6.55. The molecule has 2 aromatic carbocycles. The molecule has 4 heteroatoms. The van der Waals surface area contributed by atoms with Crippen molar-refractivity contribution < 1.29 is 9.59 Å². The monoisotopic (exact) mass is 322 g/mol. The number of aryl methyl sites for hydroxylation is 3. The molecule has 0 aromatic heterocycles. The number of nitrogens with zero attached hydrogens (tertiary/aromatic N) is 1. The molecule has 1 aliphatic rings. The molecule has 1 saturated heterocycles. The van der Waals surface area contributed by atoms with Crippen LogP contribution in [0.2, 0.25) is 0 Å². The predicted octanol–water partition coefficient (Wildman–Crippen LogP) is 3.60. The van der Waals surface area contributed by atoms with Gasteiger partial charge in [0.05, 0.1) is 5.92 Å². The summed E-state index contributed by atoms with van der Waals surface area (Å²) in [6.07, 6.45) is 0.255. The molecule has 4 nitrogen and oxygen atoms in total. The SMILES string of the molecule is Cc1ccc(N2C[C@H](C(=O)Nc3ccc(C)cc3C)CC2=O)cc1. The van der Waals surface area contributed by atoms with Crippen LogP contribution >= 0.6 is 0 Å². The summed E-state index contributed by atoms with van der Waals surface area (Å²) in [7, 11) is 0. The van der Waals surface area contributed by atoms with Crippen LogP contribution in [0.4, 0.5) is 11.4 Å². The van der Waals surface area contributed by atoms with Crippen molar-refractivity contribution in [2.45, 2.75) is 27.2 Å². The standard InChI is InChI=1S/C20H22N2O2/c1-13-4-7-17(8-5-13)22-12-16(11-19(22)23)20(24)21-18-9-6-14(2)10-15(18)3/h4-10,16H,11-12H2,1-3H3,(H,21,24)/t16-/m1/s1. The summed E-state index contributed by atoms with van der Waals surface area (Å²) >= 11 is 0. The summed E-state index contributed by atoms with van der Waals surface area (Å²) in [4.78, 5) is 26.5. The number of hydrogen-bond acceptors (Lipinski definition) is 2. The van der Waals surface area contributed by atoms with Crippen molar-refractivity contribution in [1.29, 1.82) is 0 Å². The number of carbonyl (C=O) groups excluding carboxylic acids is 2. The number of amides is 2. The van der Waals surface area contributed by atoms with Gasteiger partial charge < -0.3 is 10.2 Å². The van der Waals surface area contributed by atoms with Crippen LogP contribution in [0, 0.1) is 26.7 Å². The molecule has 24 heavy (non-hydrogen) atoms. The maximum absolute atomic E-state index is 12.5. The van der Waals surface area contributed by atoms with E-state index in [2.05, 4.69) is 5.32 Å². The first kappa shape index (κ1) is 16.2. The maximum atomic E-state index is 12.5. The van der Waals surface area contributed by atoms with Crippen molar-refractivity contribution in [3.8, 4) is 0 Å². The van der Waals surface area contributed by atoms with Gasteiger partial charge in [0.15, 0.2) is 0 Å². The fraction of sp³-hybridized carbons (Fsp3) is 0.300. The first-order valence-electron chi connectivity index (χ1n) is 8.19. The van der Waals surface area contributed by atoms with E-state index >= 15 is 0 Å². The Morgan fingerprint density at radius 2 is 1.71 bits per heavy atom. The molecule has 0 spiro atoms. The normalized spacial score (nSPS) is 17.2. The molecule has 1 aliphatic heterocycles. The molecule has 0 unspecified atom stereocenters. The minimum atomic E-state index is -0.320. The zero-order valence-corrected chi connectivity index (χ0v) is 14.3. The van der Waals surface area contributed by atoms with Crippen LogP contribution in [0.1, 0.15) is 23.1 Å². The number of nitrogens with one attached hydrogen (secondary N) is 1. The molecule has 124 valence electrons. The Morgan fingerprint density at radius 3 is 2.38 bits per heavy atom. The minimum Gasteiger partial charge on any atom is -0.326 e. The highest BCUT2D eigenvalue weighted by Crippen LogP contribution is 2.27. The number of benzene rings is 2. The van der Waals surface area contributed by atoms with E-state index in [1.165, 1.54) is 0 Å². The first-order chi connectivity index (χ1) is 11.4. The van der Waals surface area contributed by atoms with E-state index in [1.54, 1.807) is 4.90 Å². The van der Waals surface area contributed by atoms with Crippen LogP contribution in [0.3, 0.4) is 0 Å². The molecular weight excluding hydrogens is 300 g/mol. The van der Waals surface area contributed by atoms with Crippen molar-refractivity contribution in [2.75, 3.05) is 16.8 Å². The van der Waals surface area contributed by atoms with Crippen molar-refractivity contribution in [3.63, 3.8) is 0 Å². The Bertz CT molecular complexity index is 781. The lowest BCUT2D eigenvalue weighted by Gasteiger charge is -2.17. The van der Waals surface area contributed by atoms with Crippen molar-refractivity contribution >= 4 is 23.2 Å². The number of hydrogen-bond donors (Lipinski definition) is 1. The summed E-state index contributed by atoms with van der Waals surface area (Å²) in [6, 6.07) is 13.7. The largest absolute Gasteiger partial charge is 0.326 e. The van der Waals surface area contributed by atoms with E-state index < -0.39 is 0 Å². The molecule has 1 atom stereocenters. The predicted molar refractivity (Wildman–Crippen MR) is 96.2 cm³/mol. The van der Waals surface area contributed by atoms with Gasteiger partial charge in [0, 0.05) is 24.3 Å². The zero-order valence-electron chi connectivity index (χ0n) is 14.3. The maximum Gasteiger partial charge on any atom is 0.229 e. The summed E-state index contributed by atoms with van der Waals surface area (Å²) in [5.74, 6) is -0.413. The number of rotatable bonds is 3. The highest BCUT2D eigenvalue weighted by atomic mass is 16.2. The van der Waals surface area contributed by atoms with Gasteiger partial charge in [-0.05, 0) is 44.5 Å². The van der Waals surface area contributed by atoms with Gasteiger partial charge in [-0.15, -0.1) is 0 Å². The summed E-state index contributed by atoms with van der Waals surface area (Å²) in [5.41, 5.74) is 5.00. The Morgan fingerprint density at radius 1 is 1.04 bits per heavy atom. The molecule has 2 amide bonds. The van der Waals surface area contributed by atoms with Crippen LogP contribution < -0.4 is 10.2 Å². The fourth-order valence-corrected chi connectivity index (χ4v) is 3.05. The molecule has 2 aromatic rings. The van der Waals surface area contributed by atoms with Crippen molar-refractivity contribution in [3.05, 3.63) is 59.2 Å². The summed E-state index contributed by atoms with van der Waals surface area (Å²) < 4.78 is 0. The van der Waals surface area contributed by atoms with Crippen molar-refractivity contribution in [1.82, 2.24) is 0 Å². The van der Waals surface area contributed by atoms with Gasteiger partial charge in [-0.25, -0.2) is 0 Å². The summed E-state index contributed by atoms with van der Waals surface area (Å²) in [6.45, 7) is 6.43. The lowest BCUT2D eigenvalue weighted by molar-refractivity contribution is -0.122. The molecule has 1 fully saturated rings. The Labute approximate surface area is 142 Å². The van der Waals surface area contributed by atoms with E-state index in [9.17, 15) is 9.59 Å². The topological polar surface area (TPSA) is 49.4 Å². The third kappa shape index (κ3) is 3.32. The quantitative estimate of drug-likeness (QED) is 0.938. The van der Waals surface area contributed by atoms with Gasteiger partial charge >= 0.3 is 0 Å². The van der Waals surface area contributed by atoms with Gasteiger partial charge in [-0.3, -0.25) is 9.59 Å². The van der Waals surface area contributed by atoms with Crippen LogP contribution in [-0.4, -0.2) is 18.4 Å². The van der Waals surface area contributed by atoms with Gasteiger partial charge in [0.25, 0.3) is 0 Å². The van der Waals surface area contributed by atoms with Gasteiger partial charge in [-0.2, -0.15) is 0 Å². The first-order valence-corrected chi connectivity index (χ1v) is 8.19. The fourth-order valence-electron chi connectivity index (χ4n) is 3.05. The van der Waals surface area contributed by atoms with Gasteiger partial charge in [-0.1, -0.05) is 35.4 Å². The second kappa shape index (κ2) is 6.48. The van der Waals surface area contributed by atoms with E-state index in [-0.39, 0.29) is 24.2 Å². The molecular formula is C20H22N2O2. The smallest absolute Gasteiger partial charge is 0.229 e. The van der Waals surface area contributed by atoms with E-state index in [0.717, 1.165) is 28.1 Å². The Kier molecular flexibility index (Phi) is 4.38. The number of carbonyl (C=O) groups is 2. The van der Waals surface area contributed by atoms with E-state index in [0.29, 0.717) is 6.54 Å². The Balaban J connectivity index is 1.70. The molecule has 0 radical (unpaired) electrons. The van der Waals surface area contributed by atoms with E-state index in [1.807, 2.05) is 63.2 Å². The van der Waals surface area contributed by atoms with Crippen LogP contribution in [-0.2, 0) is 9.59 Å². The zero-order chi connectivity index (χ0) is 17.3. The van der Waals surface area contributed by atoms with Crippen LogP contribution in [0.5, 0.6) is 0 Å². The summed E-state index contributed by atoms with van der Waals surface area (Å²) in [5, 5.41) is 2.96. The molecule has 1 heterocycles. The molecule has 0 aliphatic carbocycles. The second-order valence-electron chi connectivity index (χ2n) is 6.55. The van der Waals surface area contributed by atoms with Crippen LogP contribution in [0.15, 0.2) is 42.5 Å². The minimum absolute atomic E-state index is 0.000342. The van der Waals surface area contributed by atoms with Gasteiger partial charge in [0.1, 0.15) is 0 Å². The Hall–Kier alpha value is -2.62. The third-order valence-electron chi connectivity index (χ3n) is 4.48. The highest BCUT2D eigenvalue weighted by molar-refractivity contribution is 6.03. The third-order valence-corrected chi connectivity index (χ3v) is 4.48. The van der Waals surface area contributed by atoms with E-state index in [4.69, 9.17) is 0 Å². The molecule has 3 rings (SSSR count). The lowest BCUT2D eigenvalue weighted by atomic mass is 10.1.